The number of ether oxygens (including phenoxy) is 6. The number of H-pyrrole nitrogens is 1. The SMILES string of the molecule is CO.COC(=O)C1CC(OC(=O)c2cc(OC)c(OC(=O)Cc3ccc(Cl)cc3)c(OC)c2)C[C@@H]2CN3CCc4c([nH]c5cc(OC)ccc45)C3C[C@H]12. The van der Waals surface area contributed by atoms with Gasteiger partial charge in [-0.05, 0) is 85.0 Å². The number of benzene rings is 3. The zero-order valence-electron chi connectivity index (χ0n) is 30.5. The summed E-state index contributed by atoms with van der Waals surface area (Å²) in [7, 11) is 6.90. The van der Waals surface area contributed by atoms with E-state index in [1.807, 2.05) is 12.1 Å². The molecule has 3 aromatic carbocycles. The van der Waals surface area contributed by atoms with Gasteiger partial charge in [-0.1, -0.05) is 23.7 Å². The Morgan fingerprint density at radius 3 is 2.28 bits per heavy atom. The molecule has 7 rings (SSSR count). The van der Waals surface area contributed by atoms with E-state index < -0.39 is 24.0 Å². The smallest absolute Gasteiger partial charge is 0.338 e. The van der Waals surface area contributed by atoms with Crippen LogP contribution in [0.5, 0.6) is 23.0 Å². The van der Waals surface area contributed by atoms with Crippen molar-refractivity contribution in [3.05, 3.63) is 82.0 Å². The number of aliphatic hydroxyl groups is 1. The molecular formula is C40H45ClN2O10. The number of aromatic nitrogens is 1. The highest BCUT2D eigenvalue weighted by Crippen LogP contribution is 2.50. The number of fused-ring (bicyclic) bond motifs is 6. The molecule has 2 N–H and O–H groups in total. The first-order valence-corrected chi connectivity index (χ1v) is 17.9. The third-order valence-corrected chi connectivity index (χ3v) is 10.9. The van der Waals surface area contributed by atoms with E-state index in [9.17, 15) is 14.4 Å². The van der Waals surface area contributed by atoms with Crippen molar-refractivity contribution < 1.29 is 47.9 Å². The fourth-order valence-electron chi connectivity index (χ4n) is 8.29. The molecule has 282 valence electrons. The van der Waals surface area contributed by atoms with E-state index in [1.54, 1.807) is 31.4 Å². The predicted octanol–water partition coefficient (Wildman–Crippen LogP) is 5.95. The molecule has 0 spiro atoms. The van der Waals surface area contributed by atoms with Crippen LogP contribution in [0, 0.1) is 17.8 Å². The van der Waals surface area contributed by atoms with Crippen molar-refractivity contribution in [2.45, 2.75) is 44.2 Å². The molecule has 3 aliphatic rings. The summed E-state index contributed by atoms with van der Waals surface area (Å²) in [5.74, 6) is -0.502. The molecule has 3 heterocycles. The van der Waals surface area contributed by atoms with Crippen molar-refractivity contribution in [2.24, 2.45) is 17.8 Å². The standard InChI is InChI=1S/C39H41ClN2O9.CH4O/c1-46-25-9-10-27-28-11-12-42-20-23-14-26(17-30(39(45)49-4)29(23)19-32(42)36(28)41-31(27)18-25)50-38(44)22-15-33(47-2)37(34(16-22)48-3)51-35(43)13-21-5-7-24(40)8-6-21;1-2/h5-10,15-16,18,23,26,29-30,32,41H,11-14,17,19-20H2,1-4H3;2H,1H3/t23-,26?,29+,30?,32?;/m1./s1. The average molecular weight is 749 g/mol. The average Bonchev–Trinajstić information content (AvgIpc) is 3.56. The number of esters is 3. The van der Waals surface area contributed by atoms with Crippen LogP contribution in [0.1, 0.15) is 52.5 Å². The second kappa shape index (κ2) is 16.5. The lowest BCUT2D eigenvalue weighted by Crippen LogP contribution is -2.52. The first-order valence-electron chi connectivity index (χ1n) is 17.6. The highest BCUT2D eigenvalue weighted by molar-refractivity contribution is 6.30. The first-order chi connectivity index (χ1) is 25.7. The van der Waals surface area contributed by atoms with Crippen molar-refractivity contribution in [1.82, 2.24) is 9.88 Å². The van der Waals surface area contributed by atoms with Crippen LogP contribution in [0.2, 0.25) is 5.02 Å². The zero-order chi connectivity index (χ0) is 37.8. The summed E-state index contributed by atoms with van der Waals surface area (Å²) in [4.78, 5) is 45.9. The maximum atomic E-state index is 13.7. The van der Waals surface area contributed by atoms with Gasteiger partial charge in [0, 0.05) is 47.9 Å². The summed E-state index contributed by atoms with van der Waals surface area (Å²) >= 11 is 5.96. The fourth-order valence-corrected chi connectivity index (χ4v) is 8.42. The Morgan fingerprint density at radius 1 is 0.906 bits per heavy atom. The van der Waals surface area contributed by atoms with Gasteiger partial charge in [0.25, 0.3) is 0 Å². The summed E-state index contributed by atoms with van der Waals surface area (Å²) in [6, 6.07) is 16.1. The highest BCUT2D eigenvalue weighted by atomic mass is 35.5. The van der Waals surface area contributed by atoms with Gasteiger partial charge in [-0.3, -0.25) is 14.5 Å². The Kier molecular flexibility index (Phi) is 11.8. The van der Waals surface area contributed by atoms with Crippen LogP contribution in [0.25, 0.3) is 10.9 Å². The fraction of sp³-hybridized carbons (Fsp3) is 0.425. The Bertz CT molecular complexity index is 1940. The van der Waals surface area contributed by atoms with Gasteiger partial charge in [-0.25, -0.2) is 4.79 Å². The number of rotatable bonds is 9. The van der Waals surface area contributed by atoms with Gasteiger partial charge in [0.15, 0.2) is 11.5 Å². The summed E-state index contributed by atoms with van der Waals surface area (Å²) < 4.78 is 33.6. The van der Waals surface area contributed by atoms with Gasteiger partial charge in [0.2, 0.25) is 5.75 Å². The van der Waals surface area contributed by atoms with Crippen LogP contribution in [0.15, 0.2) is 54.6 Å². The van der Waals surface area contributed by atoms with Crippen LogP contribution in [0.4, 0.5) is 0 Å². The van der Waals surface area contributed by atoms with E-state index in [0.29, 0.717) is 17.9 Å². The van der Waals surface area contributed by atoms with Crippen LogP contribution >= 0.6 is 11.6 Å². The second-order valence-electron chi connectivity index (χ2n) is 13.5. The van der Waals surface area contributed by atoms with Crippen LogP contribution in [-0.4, -0.2) is 87.6 Å². The molecule has 2 fully saturated rings. The molecule has 12 nitrogen and oxygen atoms in total. The maximum Gasteiger partial charge on any atom is 0.338 e. The molecular weight excluding hydrogens is 704 g/mol. The number of piperidine rings is 1. The van der Waals surface area contributed by atoms with E-state index in [0.717, 1.165) is 49.9 Å². The molecule has 1 aliphatic carbocycles. The Morgan fingerprint density at radius 2 is 1.62 bits per heavy atom. The lowest BCUT2D eigenvalue weighted by Gasteiger charge is -2.51. The molecule has 13 heteroatoms. The van der Waals surface area contributed by atoms with Gasteiger partial charge in [-0.15, -0.1) is 0 Å². The van der Waals surface area contributed by atoms with E-state index >= 15 is 0 Å². The molecule has 1 saturated heterocycles. The monoisotopic (exact) mass is 748 g/mol. The largest absolute Gasteiger partial charge is 0.497 e. The quantitative estimate of drug-likeness (QED) is 0.155. The zero-order valence-corrected chi connectivity index (χ0v) is 31.2. The van der Waals surface area contributed by atoms with E-state index in [2.05, 4.69) is 16.0 Å². The van der Waals surface area contributed by atoms with Crippen molar-refractivity contribution in [3.63, 3.8) is 0 Å². The van der Waals surface area contributed by atoms with Crippen LogP contribution in [-0.2, 0) is 31.9 Å². The number of carbonyl (C=O) groups excluding carboxylic acids is 3. The Balaban J connectivity index is 0.00000236. The molecule has 1 saturated carbocycles. The molecule has 5 atom stereocenters. The van der Waals surface area contributed by atoms with Crippen molar-refractivity contribution in [1.29, 1.82) is 0 Å². The molecule has 0 bridgehead atoms. The van der Waals surface area contributed by atoms with E-state index in [-0.39, 0.29) is 53.1 Å². The van der Waals surface area contributed by atoms with E-state index in [1.165, 1.54) is 50.1 Å². The highest BCUT2D eigenvalue weighted by Gasteiger charge is 2.49. The lowest BCUT2D eigenvalue weighted by atomic mass is 9.65. The van der Waals surface area contributed by atoms with Crippen molar-refractivity contribution in [2.75, 3.05) is 48.6 Å². The first kappa shape index (κ1) is 38.0. The molecule has 2 aliphatic heterocycles. The summed E-state index contributed by atoms with van der Waals surface area (Å²) in [6.07, 6.45) is 2.19. The van der Waals surface area contributed by atoms with Gasteiger partial charge >= 0.3 is 17.9 Å². The van der Waals surface area contributed by atoms with Gasteiger partial charge in [-0.2, -0.15) is 0 Å². The minimum atomic E-state index is -0.595. The molecule has 1 aromatic heterocycles. The third-order valence-electron chi connectivity index (χ3n) is 10.7. The van der Waals surface area contributed by atoms with Gasteiger partial charge < -0.3 is 38.5 Å². The van der Waals surface area contributed by atoms with Crippen LogP contribution in [0.3, 0.4) is 0 Å². The summed E-state index contributed by atoms with van der Waals surface area (Å²) in [5, 5.41) is 8.78. The third kappa shape index (κ3) is 7.81. The van der Waals surface area contributed by atoms with Crippen molar-refractivity contribution >= 4 is 40.4 Å². The predicted molar refractivity (Wildman–Crippen MR) is 197 cm³/mol. The number of carbonyl (C=O) groups is 3. The number of aliphatic hydroxyl groups excluding tert-OH is 1. The topological polar surface area (TPSA) is 146 Å². The molecule has 0 radical (unpaired) electrons. The number of nitrogens with zero attached hydrogens (tertiary/aromatic N) is 1. The number of hydrogen-bond donors (Lipinski definition) is 2. The normalized spacial score (nSPS) is 21.8. The van der Waals surface area contributed by atoms with Gasteiger partial charge in [0.05, 0.1) is 52.4 Å². The minimum absolute atomic E-state index is 0.00516. The number of hydrogen-bond acceptors (Lipinski definition) is 11. The van der Waals surface area contributed by atoms with Crippen molar-refractivity contribution in [3.8, 4) is 23.0 Å². The molecule has 53 heavy (non-hydrogen) atoms. The van der Waals surface area contributed by atoms with Crippen LogP contribution < -0.4 is 18.9 Å². The Hall–Kier alpha value is -4.78. The molecule has 3 unspecified atom stereocenters. The minimum Gasteiger partial charge on any atom is -0.497 e. The number of halogens is 1. The molecule has 0 amide bonds. The van der Waals surface area contributed by atoms with Gasteiger partial charge in [0.1, 0.15) is 11.9 Å². The van der Waals surface area contributed by atoms with E-state index in [4.69, 9.17) is 45.1 Å². The number of aromatic amines is 1. The number of methoxy groups -OCH3 is 4. The second-order valence-corrected chi connectivity index (χ2v) is 13.9. The summed E-state index contributed by atoms with van der Waals surface area (Å²) in [5.41, 5.74) is 4.49. The summed E-state index contributed by atoms with van der Waals surface area (Å²) in [6.45, 7) is 1.69. The number of nitrogens with one attached hydrogen (secondary N) is 1. The lowest BCUT2D eigenvalue weighted by molar-refractivity contribution is -0.155. The Labute approximate surface area is 313 Å². The molecule has 4 aromatic rings. The maximum absolute atomic E-state index is 13.7.